The van der Waals surface area contributed by atoms with Gasteiger partial charge in [0.2, 0.25) is 0 Å². The lowest BCUT2D eigenvalue weighted by Gasteiger charge is -2.28. The van der Waals surface area contributed by atoms with Crippen molar-refractivity contribution in [3.63, 3.8) is 0 Å². The van der Waals surface area contributed by atoms with Crippen molar-refractivity contribution in [1.82, 2.24) is 5.32 Å². The van der Waals surface area contributed by atoms with Crippen molar-refractivity contribution in [2.24, 2.45) is 5.92 Å². The van der Waals surface area contributed by atoms with Crippen LogP contribution in [-0.4, -0.2) is 23.5 Å². The van der Waals surface area contributed by atoms with Crippen LogP contribution in [0.1, 0.15) is 64.2 Å². The summed E-state index contributed by atoms with van der Waals surface area (Å²) >= 11 is 0. The zero-order valence-electron chi connectivity index (χ0n) is 18.3. The van der Waals surface area contributed by atoms with Gasteiger partial charge in [-0.1, -0.05) is 27.7 Å². The first-order valence-electron chi connectivity index (χ1n) is 9.91. The van der Waals surface area contributed by atoms with Gasteiger partial charge in [0.15, 0.2) is 6.10 Å². The van der Waals surface area contributed by atoms with Crippen molar-refractivity contribution in [3.05, 3.63) is 35.1 Å². The molecular formula is C23H30N2O4. The maximum absolute atomic E-state index is 12.4. The predicted molar refractivity (Wildman–Crippen MR) is 111 cm³/mol. The van der Waals surface area contributed by atoms with Gasteiger partial charge in [-0.3, -0.25) is 9.59 Å². The first kappa shape index (κ1) is 22.5. The van der Waals surface area contributed by atoms with E-state index < -0.39 is 23.5 Å². The highest BCUT2D eigenvalue weighted by Gasteiger charge is 2.32. The number of esters is 1. The number of nitrogens with one attached hydrogen (secondary N) is 1. The molecule has 0 bridgehead atoms. The Balaban J connectivity index is 2.10. The zero-order chi connectivity index (χ0) is 21.9. The molecule has 0 aliphatic rings. The maximum Gasteiger partial charge on any atom is 0.311 e. The average molecular weight is 399 g/mol. The lowest BCUT2D eigenvalue weighted by molar-refractivity contribution is -0.154. The average Bonchev–Trinajstić information content (AvgIpc) is 3.01. The Morgan fingerprint density at radius 1 is 1.24 bits per heavy atom. The van der Waals surface area contributed by atoms with Crippen molar-refractivity contribution in [3.8, 4) is 6.07 Å². The number of nitrogens with zero attached hydrogens (tertiary/aromatic N) is 1. The number of carbonyl (C=O) groups excluding carboxylic acids is 2. The molecular weight excluding hydrogens is 368 g/mol. The molecule has 0 saturated heterocycles. The molecule has 6 nitrogen and oxygen atoms in total. The molecule has 1 amide bonds. The number of hydrogen-bond donors (Lipinski definition) is 1. The molecule has 1 aromatic carbocycles. The Kier molecular flexibility index (Phi) is 6.73. The minimum Gasteiger partial charge on any atom is -0.464 e. The number of benzene rings is 1. The largest absolute Gasteiger partial charge is 0.464 e. The van der Waals surface area contributed by atoms with E-state index in [4.69, 9.17) is 9.15 Å². The minimum atomic E-state index is -1.02. The number of ether oxygens (including phenoxy) is 1. The molecule has 0 fully saturated rings. The van der Waals surface area contributed by atoms with Crippen molar-refractivity contribution >= 4 is 22.8 Å². The van der Waals surface area contributed by atoms with Crippen LogP contribution in [0.25, 0.3) is 11.0 Å². The Morgan fingerprint density at radius 2 is 1.90 bits per heavy atom. The third-order valence-corrected chi connectivity index (χ3v) is 5.45. The first-order chi connectivity index (χ1) is 13.5. The molecule has 0 saturated carbocycles. The lowest BCUT2D eigenvalue weighted by atomic mass is 9.90. The van der Waals surface area contributed by atoms with Crippen LogP contribution >= 0.6 is 0 Å². The van der Waals surface area contributed by atoms with E-state index in [1.807, 2.05) is 26.8 Å². The standard InChI is InChI=1S/C23H30N2O4/c1-13(2)18-10-19-17(11-28-20(19)8-15(18)5)9-21(26)29-16(6)22(27)25-23(7,12-24)14(3)4/h8,10-11,13-14,16H,9H2,1-7H3,(H,25,27). The monoisotopic (exact) mass is 398 g/mol. The summed E-state index contributed by atoms with van der Waals surface area (Å²) < 4.78 is 10.9. The molecule has 0 aliphatic carbocycles. The van der Waals surface area contributed by atoms with Crippen molar-refractivity contribution in [2.75, 3.05) is 0 Å². The van der Waals surface area contributed by atoms with Crippen LogP contribution in [0.3, 0.4) is 0 Å². The number of furan rings is 1. The molecule has 2 rings (SSSR count). The summed E-state index contributed by atoms with van der Waals surface area (Å²) in [6, 6.07) is 6.14. The Hall–Kier alpha value is -2.81. The summed E-state index contributed by atoms with van der Waals surface area (Å²) in [5.74, 6) is -0.750. The van der Waals surface area contributed by atoms with Gasteiger partial charge in [-0.2, -0.15) is 5.26 Å². The predicted octanol–water partition coefficient (Wildman–Crippen LogP) is 4.39. The van der Waals surface area contributed by atoms with E-state index in [0.29, 0.717) is 5.92 Å². The SMILES string of the molecule is Cc1cc2occ(CC(=O)OC(C)C(=O)NC(C)(C#N)C(C)C)c2cc1C(C)C. The molecule has 2 aromatic rings. The van der Waals surface area contributed by atoms with Gasteiger partial charge >= 0.3 is 5.97 Å². The van der Waals surface area contributed by atoms with Gasteiger partial charge in [-0.05, 0) is 55.9 Å². The molecule has 1 heterocycles. The molecule has 156 valence electrons. The molecule has 2 unspecified atom stereocenters. The highest BCUT2D eigenvalue weighted by atomic mass is 16.5. The maximum atomic E-state index is 12.4. The van der Waals surface area contributed by atoms with Crippen LogP contribution in [0.4, 0.5) is 0 Å². The lowest BCUT2D eigenvalue weighted by Crippen LogP contribution is -2.52. The third kappa shape index (κ3) is 4.97. The Morgan fingerprint density at radius 3 is 2.45 bits per heavy atom. The Bertz CT molecular complexity index is 952. The summed E-state index contributed by atoms with van der Waals surface area (Å²) in [5, 5.41) is 12.9. The highest BCUT2D eigenvalue weighted by molar-refractivity contribution is 5.88. The number of aryl methyl sites for hydroxylation is 1. The second-order valence-corrected chi connectivity index (χ2v) is 8.39. The first-order valence-corrected chi connectivity index (χ1v) is 9.91. The number of fused-ring (bicyclic) bond motifs is 1. The Labute approximate surface area is 172 Å². The van der Waals surface area contributed by atoms with Crippen molar-refractivity contribution < 1.29 is 18.7 Å². The van der Waals surface area contributed by atoms with E-state index in [2.05, 4.69) is 31.3 Å². The van der Waals surface area contributed by atoms with Crippen LogP contribution in [-0.2, 0) is 20.7 Å². The van der Waals surface area contributed by atoms with E-state index >= 15 is 0 Å². The second kappa shape index (κ2) is 8.69. The fourth-order valence-corrected chi connectivity index (χ4v) is 3.11. The fraction of sp³-hybridized carbons (Fsp3) is 0.522. The van der Waals surface area contributed by atoms with Crippen LogP contribution < -0.4 is 5.32 Å². The smallest absolute Gasteiger partial charge is 0.311 e. The number of amides is 1. The number of rotatable bonds is 7. The van der Waals surface area contributed by atoms with Gasteiger partial charge in [-0.15, -0.1) is 0 Å². The van der Waals surface area contributed by atoms with Gasteiger partial charge in [0, 0.05) is 10.9 Å². The number of nitriles is 1. The highest BCUT2D eigenvalue weighted by Crippen LogP contribution is 2.29. The van der Waals surface area contributed by atoms with Crippen LogP contribution in [0, 0.1) is 24.2 Å². The van der Waals surface area contributed by atoms with E-state index in [9.17, 15) is 14.9 Å². The second-order valence-electron chi connectivity index (χ2n) is 8.39. The summed E-state index contributed by atoms with van der Waals surface area (Å²) in [5.41, 5.74) is 2.77. The van der Waals surface area contributed by atoms with Gasteiger partial charge in [0.25, 0.3) is 5.91 Å². The van der Waals surface area contributed by atoms with E-state index in [1.54, 1.807) is 13.2 Å². The number of hydrogen-bond acceptors (Lipinski definition) is 5. The third-order valence-electron chi connectivity index (χ3n) is 5.45. The molecule has 2 atom stereocenters. The van der Waals surface area contributed by atoms with Gasteiger partial charge < -0.3 is 14.5 Å². The van der Waals surface area contributed by atoms with Crippen LogP contribution in [0.15, 0.2) is 22.8 Å². The number of carbonyl (C=O) groups is 2. The fourth-order valence-electron chi connectivity index (χ4n) is 3.11. The van der Waals surface area contributed by atoms with Gasteiger partial charge in [-0.25, -0.2) is 0 Å². The van der Waals surface area contributed by atoms with Gasteiger partial charge in [0.05, 0.1) is 18.8 Å². The molecule has 1 aromatic heterocycles. The molecule has 0 radical (unpaired) electrons. The summed E-state index contributed by atoms with van der Waals surface area (Å²) in [6.45, 7) is 13.1. The molecule has 0 spiro atoms. The topological polar surface area (TPSA) is 92.3 Å². The van der Waals surface area contributed by atoms with Crippen molar-refractivity contribution in [1.29, 1.82) is 5.26 Å². The van der Waals surface area contributed by atoms with E-state index in [1.165, 1.54) is 12.5 Å². The van der Waals surface area contributed by atoms with E-state index in [-0.39, 0.29) is 12.3 Å². The molecule has 1 N–H and O–H groups in total. The van der Waals surface area contributed by atoms with Crippen LogP contribution in [0.5, 0.6) is 0 Å². The summed E-state index contributed by atoms with van der Waals surface area (Å²) in [7, 11) is 0. The van der Waals surface area contributed by atoms with E-state index in [0.717, 1.165) is 22.1 Å². The van der Waals surface area contributed by atoms with Crippen molar-refractivity contribution in [2.45, 2.75) is 72.4 Å². The molecule has 29 heavy (non-hydrogen) atoms. The zero-order valence-corrected chi connectivity index (χ0v) is 18.3. The quantitative estimate of drug-likeness (QED) is 0.698. The van der Waals surface area contributed by atoms with Gasteiger partial charge in [0.1, 0.15) is 11.1 Å². The molecule has 6 heteroatoms. The summed E-state index contributed by atoms with van der Waals surface area (Å²) in [4.78, 5) is 24.8. The summed E-state index contributed by atoms with van der Waals surface area (Å²) in [6.07, 6.45) is 0.567. The van der Waals surface area contributed by atoms with Crippen LogP contribution in [0.2, 0.25) is 0 Å². The minimum absolute atomic E-state index is 0.00488. The normalized spacial score (nSPS) is 14.5. The molecule has 0 aliphatic heterocycles.